The summed E-state index contributed by atoms with van der Waals surface area (Å²) < 4.78 is 34.0. The number of esters is 2. The maximum atomic E-state index is 16.2. The number of nitrogens with one attached hydrogen (secondary N) is 1. The van der Waals surface area contributed by atoms with E-state index in [1.165, 1.54) is 5.56 Å². The molecule has 18 unspecified atom stereocenters. The number of epoxide rings is 1. The van der Waals surface area contributed by atoms with Crippen LogP contribution in [0.25, 0.3) is 0 Å². The molecule has 69 heavy (non-hydrogen) atoms. The van der Waals surface area contributed by atoms with Crippen molar-refractivity contribution in [1.82, 2.24) is 10.2 Å². The predicted octanol–water partition coefficient (Wildman–Crippen LogP) is 7.64. The first-order valence-corrected chi connectivity index (χ1v) is 27.3. The molecule has 2 spiro atoms. The Morgan fingerprint density at radius 2 is 1.72 bits per heavy atom. The zero-order valence-corrected chi connectivity index (χ0v) is 40.7. The standard InChI is InChI=1S/C57H74N2O10/c1-53-21-18-44-55-31-66-46(61)28-45(55)68-54(2,38-13-7-4-8-14-38)48(55)47(62)49(63)56(44,39-15-9-12-34(25-39)24-33-10-5-3-6-11-33)57(53)51(69-57)52(64)67-50(53)41-20-23-65-43(41)27-37(30-60)35-16-17-40-36(26-35)19-22-59-32-58-29-42(40)59/h3,5-6,10-11,19-20,22-23,34-40,42,44-45,48-51,58,60,63H,4,7-9,12-18,21,24-32H2,1-2H3. The van der Waals surface area contributed by atoms with Crippen molar-refractivity contribution >= 4 is 17.7 Å². The molecule has 18 atom stereocenters. The molecular weight excluding hydrogens is 873 g/mol. The minimum atomic E-state index is -1.43. The summed E-state index contributed by atoms with van der Waals surface area (Å²) in [5, 5.41) is 28.5. The number of benzene rings is 1. The van der Waals surface area contributed by atoms with Gasteiger partial charge in [0.2, 0.25) is 0 Å². The number of furan rings is 1. The number of nitrogens with zero attached hydrogens (tertiary/aromatic N) is 1. The van der Waals surface area contributed by atoms with Crippen LogP contribution in [-0.4, -0.2) is 94.8 Å². The molecule has 0 radical (unpaired) electrons. The van der Waals surface area contributed by atoms with Gasteiger partial charge in [0.05, 0.1) is 37.0 Å². The van der Waals surface area contributed by atoms with Crippen LogP contribution in [0, 0.1) is 69.5 Å². The molecule has 5 saturated carbocycles. The fraction of sp³-hybridized carbons (Fsp3) is 0.737. The van der Waals surface area contributed by atoms with Crippen molar-refractivity contribution < 1.29 is 48.0 Å². The molecule has 13 rings (SSSR count). The molecule has 1 aromatic carbocycles. The number of carbonyl (C=O) groups is 3. The molecule has 0 amide bonds. The number of carbonyl (C=O) groups excluding carboxylic acids is 3. The number of cyclic esters (lactones) is 2. The lowest BCUT2D eigenvalue weighted by Gasteiger charge is -2.70. The zero-order valence-electron chi connectivity index (χ0n) is 40.7. The van der Waals surface area contributed by atoms with E-state index in [2.05, 4.69) is 66.7 Å². The Morgan fingerprint density at radius 1 is 0.899 bits per heavy atom. The van der Waals surface area contributed by atoms with Gasteiger partial charge in [-0.1, -0.05) is 75.4 Å². The Kier molecular flexibility index (Phi) is 10.8. The van der Waals surface area contributed by atoms with Crippen LogP contribution in [0.15, 0.2) is 59.4 Å². The van der Waals surface area contributed by atoms with Crippen LogP contribution in [0.3, 0.4) is 0 Å². The van der Waals surface area contributed by atoms with Gasteiger partial charge in [-0.25, -0.2) is 4.79 Å². The van der Waals surface area contributed by atoms with Crippen LogP contribution >= 0.6 is 0 Å². The van der Waals surface area contributed by atoms with E-state index in [1.54, 1.807) is 6.26 Å². The second-order valence-corrected chi connectivity index (χ2v) is 24.6. The Labute approximate surface area is 407 Å². The summed E-state index contributed by atoms with van der Waals surface area (Å²) in [6, 6.07) is 13.1. The van der Waals surface area contributed by atoms with Crippen LogP contribution in [0.4, 0.5) is 0 Å². The number of allylic oxidation sites excluding steroid dienone is 1. The Morgan fingerprint density at radius 3 is 2.55 bits per heavy atom. The Bertz CT molecular complexity index is 2370. The molecule has 6 aliphatic heterocycles. The average molecular weight is 947 g/mol. The van der Waals surface area contributed by atoms with Crippen molar-refractivity contribution in [3.63, 3.8) is 0 Å². The average Bonchev–Trinajstić information content (AvgIpc) is 3.59. The van der Waals surface area contributed by atoms with Crippen molar-refractivity contribution in [2.24, 2.45) is 69.5 Å². The third-order valence-electron chi connectivity index (χ3n) is 22.0. The third-order valence-corrected chi connectivity index (χ3v) is 22.0. The minimum Gasteiger partial charge on any atom is -0.469 e. The maximum Gasteiger partial charge on any atom is 0.339 e. The topological polar surface area (TPSA) is 160 Å². The van der Waals surface area contributed by atoms with Crippen LogP contribution in [0.5, 0.6) is 0 Å². The van der Waals surface area contributed by atoms with Crippen LogP contribution in [-0.2, 0) is 46.2 Å². The third kappa shape index (κ3) is 6.26. The number of hydrogen-bond donors (Lipinski definition) is 3. The molecule has 0 bridgehead atoms. The number of rotatable bonds is 9. The predicted molar refractivity (Wildman–Crippen MR) is 253 cm³/mol. The summed E-state index contributed by atoms with van der Waals surface area (Å²) in [5.74, 6) is 0.299. The molecule has 12 heteroatoms. The van der Waals surface area contributed by atoms with Gasteiger partial charge < -0.3 is 38.5 Å². The summed E-state index contributed by atoms with van der Waals surface area (Å²) in [7, 11) is 0. The van der Waals surface area contributed by atoms with E-state index in [9.17, 15) is 19.8 Å². The smallest absolute Gasteiger partial charge is 0.339 e. The quantitative estimate of drug-likeness (QED) is 0.167. The molecule has 10 fully saturated rings. The monoisotopic (exact) mass is 947 g/mol. The molecule has 7 heterocycles. The molecule has 3 N–H and O–H groups in total. The number of fused-ring (bicyclic) bond motifs is 4. The fourth-order valence-corrected chi connectivity index (χ4v) is 19.2. The number of aliphatic hydroxyl groups is 2. The van der Waals surface area contributed by atoms with Gasteiger partial charge in [-0.3, -0.25) is 14.9 Å². The van der Waals surface area contributed by atoms with Crippen molar-refractivity contribution in [3.05, 3.63) is 71.8 Å². The first kappa shape index (κ1) is 45.3. The largest absolute Gasteiger partial charge is 0.469 e. The molecule has 11 aliphatic rings. The van der Waals surface area contributed by atoms with Crippen molar-refractivity contribution in [2.75, 3.05) is 26.4 Å². The Balaban J connectivity index is 0.902. The van der Waals surface area contributed by atoms with E-state index in [-0.39, 0.29) is 55.1 Å². The van der Waals surface area contributed by atoms with E-state index in [4.69, 9.17) is 23.4 Å². The molecule has 2 aromatic rings. The van der Waals surface area contributed by atoms with Gasteiger partial charge in [-0.05, 0) is 136 Å². The second kappa shape index (κ2) is 16.5. The highest BCUT2D eigenvalue weighted by atomic mass is 16.7. The lowest BCUT2D eigenvalue weighted by molar-refractivity contribution is -0.276. The van der Waals surface area contributed by atoms with Crippen LogP contribution in [0.1, 0.15) is 133 Å². The van der Waals surface area contributed by atoms with Gasteiger partial charge in [0, 0.05) is 47.4 Å². The van der Waals surface area contributed by atoms with E-state index in [0.717, 1.165) is 108 Å². The van der Waals surface area contributed by atoms with Gasteiger partial charge in [0.15, 0.2) is 11.9 Å². The van der Waals surface area contributed by atoms with Gasteiger partial charge in [-0.2, -0.15) is 0 Å². The Hall–Kier alpha value is -3.55. The van der Waals surface area contributed by atoms with Crippen molar-refractivity contribution in [2.45, 2.75) is 165 Å². The van der Waals surface area contributed by atoms with E-state index in [1.807, 2.05) is 6.07 Å². The number of aliphatic hydroxyl groups excluding tert-OH is 2. The molecule has 1 aromatic heterocycles. The summed E-state index contributed by atoms with van der Waals surface area (Å²) >= 11 is 0. The van der Waals surface area contributed by atoms with E-state index >= 15 is 4.79 Å². The van der Waals surface area contributed by atoms with E-state index in [0.29, 0.717) is 49.0 Å². The van der Waals surface area contributed by atoms with Crippen molar-refractivity contribution in [3.8, 4) is 0 Å². The lowest BCUT2D eigenvalue weighted by Crippen LogP contribution is -2.79. The normalized spacial score (nSPS) is 47.1. The summed E-state index contributed by atoms with van der Waals surface area (Å²) in [6.07, 6.45) is 17.2. The number of Topliss-reactive ketones (excluding diaryl/α,β-unsaturated/α-hetero) is 1. The summed E-state index contributed by atoms with van der Waals surface area (Å²) in [4.78, 5) is 47.1. The molecule has 5 aliphatic carbocycles. The van der Waals surface area contributed by atoms with Crippen molar-refractivity contribution in [1.29, 1.82) is 0 Å². The molecule has 12 nitrogen and oxygen atoms in total. The highest BCUT2D eigenvalue weighted by Crippen LogP contribution is 2.83. The second-order valence-electron chi connectivity index (χ2n) is 24.6. The minimum absolute atomic E-state index is 0.0294. The lowest BCUT2D eigenvalue weighted by atomic mass is 9.32. The van der Waals surface area contributed by atoms with E-state index < -0.39 is 63.8 Å². The number of ketones is 1. The molecular formula is C57H74N2O10. The number of hydrogen-bond acceptors (Lipinski definition) is 12. The SMILES string of the molecule is CC1(C2CCCCC2)OC2CC(=O)OCC23C1C(=O)C(O)C1(C2CCCC(Cc4ccccc4)C2)C3CCC2(C)C(c3ccoc3CC(CO)C3CCC4C(C=CN5CNCC45)C3)OC(=O)C3OC321. The van der Waals surface area contributed by atoms with Crippen LogP contribution < -0.4 is 5.32 Å². The first-order chi connectivity index (χ1) is 33.5. The highest BCUT2D eigenvalue weighted by molar-refractivity contribution is 5.92. The zero-order chi connectivity index (χ0) is 47.1. The summed E-state index contributed by atoms with van der Waals surface area (Å²) in [5.41, 5.74) is -3.05. The van der Waals surface area contributed by atoms with Gasteiger partial charge >= 0.3 is 11.9 Å². The molecule has 5 saturated heterocycles. The van der Waals surface area contributed by atoms with Gasteiger partial charge in [-0.15, -0.1) is 0 Å². The first-order valence-electron chi connectivity index (χ1n) is 27.3. The highest BCUT2D eigenvalue weighted by Gasteiger charge is 2.93. The molecule has 372 valence electrons. The fourth-order valence-electron chi connectivity index (χ4n) is 19.2. The summed E-state index contributed by atoms with van der Waals surface area (Å²) in [6.45, 7) is 6.32. The van der Waals surface area contributed by atoms with Gasteiger partial charge in [0.1, 0.15) is 30.2 Å². The van der Waals surface area contributed by atoms with Crippen LogP contribution in [0.2, 0.25) is 0 Å². The maximum absolute atomic E-state index is 16.2. The number of ether oxygens (including phenoxy) is 4. The van der Waals surface area contributed by atoms with Gasteiger partial charge in [0.25, 0.3) is 0 Å².